The lowest BCUT2D eigenvalue weighted by Crippen LogP contribution is -2.54. The Labute approximate surface area is 249 Å². The van der Waals surface area contributed by atoms with E-state index in [0.29, 0.717) is 14.9 Å². The van der Waals surface area contributed by atoms with Gasteiger partial charge in [-0.25, -0.2) is 14.1 Å². The third-order valence-electron chi connectivity index (χ3n) is 6.37. The monoisotopic (exact) mass is 677 g/mol. The highest BCUT2D eigenvalue weighted by molar-refractivity contribution is 14.1. The van der Waals surface area contributed by atoms with Crippen molar-refractivity contribution in [1.29, 1.82) is 0 Å². The van der Waals surface area contributed by atoms with Crippen LogP contribution >= 0.6 is 22.6 Å². The molecule has 1 aliphatic rings. The van der Waals surface area contributed by atoms with Gasteiger partial charge in [0.1, 0.15) is 36.4 Å². The number of nitrogens with one attached hydrogen (secondary N) is 2. The number of aliphatic hydroxyl groups is 2. The van der Waals surface area contributed by atoms with Crippen molar-refractivity contribution in [3.05, 3.63) is 93.3 Å². The molecule has 216 valence electrons. The molecule has 4 rings (SSSR count). The van der Waals surface area contributed by atoms with E-state index in [-0.39, 0.29) is 18.9 Å². The summed E-state index contributed by atoms with van der Waals surface area (Å²) in [6.07, 6.45) is -2.00. The van der Waals surface area contributed by atoms with Gasteiger partial charge in [-0.2, -0.15) is 0 Å². The molecule has 10 nitrogen and oxygen atoms in total. The number of halogens is 2. The van der Waals surface area contributed by atoms with E-state index in [2.05, 4.69) is 10.6 Å². The van der Waals surface area contributed by atoms with Gasteiger partial charge < -0.3 is 30.3 Å². The number of carbonyl (C=O) groups is 3. The van der Waals surface area contributed by atoms with Crippen molar-refractivity contribution in [3.8, 4) is 5.75 Å². The molecule has 0 aliphatic carbocycles. The molecule has 3 aromatic rings. The highest BCUT2D eigenvalue weighted by Crippen LogP contribution is 2.28. The molecular formula is C29H29FIN3O7. The van der Waals surface area contributed by atoms with Crippen LogP contribution in [0.2, 0.25) is 0 Å². The van der Waals surface area contributed by atoms with Crippen LogP contribution < -0.4 is 15.4 Å². The maximum absolute atomic E-state index is 14.6. The fourth-order valence-corrected chi connectivity index (χ4v) is 4.67. The van der Waals surface area contributed by atoms with Crippen molar-refractivity contribution in [1.82, 2.24) is 10.2 Å². The fraction of sp³-hybridized carbons (Fsp3) is 0.276. The zero-order chi connectivity index (χ0) is 29.5. The molecule has 41 heavy (non-hydrogen) atoms. The average Bonchev–Trinajstić information content (AvgIpc) is 3.26. The zero-order valence-electron chi connectivity index (χ0n) is 22.0. The van der Waals surface area contributed by atoms with E-state index >= 15 is 0 Å². The van der Waals surface area contributed by atoms with Crippen LogP contribution in [0, 0.1) is 9.39 Å². The first-order valence-electron chi connectivity index (χ1n) is 12.7. The maximum Gasteiger partial charge on any atom is 0.325 e. The van der Waals surface area contributed by atoms with E-state index in [1.807, 2.05) is 52.9 Å². The van der Waals surface area contributed by atoms with Crippen LogP contribution in [0.1, 0.15) is 24.1 Å². The molecule has 0 unspecified atom stereocenters. The minimum Gasteiger partial charge on any atom is -0.491 e. The second-order valence-corrected chi connectivity index (χ2v) is 10.6. The predicted molar refractivity (Wildman–Crippen MR) is 155 cm³/mol. The summed E-state index contributed by atoms with van der Waals surface area (Å²) in [4.78, 5) is 41.1. The molecular weight excluding hydrogens is 648 g/mol. The molecule has 1 fully saturated rings. The van der Waals surface area contributed by atoms with Gasteiger partial charge in [0.15, 0.2) is 0 Å². The summed E-state index contributed by atoms with van der Waals surface area (Å²) in [5.74, 6) is -1.75. The number of ether oxygens (including phenoxy) is 2. The Hall–Kier alpha value is -3.59. The fourth-order valence-electron chi connectivity index (χ4n) is 4.22. The van der Waals surface area contributed by atoms with E-state index in [1.165, 1.54) is 12.1 Å². The number of hydrogen-bond acceptors (Lipinski definition) is 7. The Morgan fingerprint density at radius 3 is 2.49 bits per heavy atom. The van der Waals surface area contributed by atoms with Crippen molar-refractivity contribution in [2.45, 2.75) is 37.8 Å². The van der Waals surface area contributed by atoms with Crippen LogP contribution in [0.5, 0.6) is 5.75 Å². The number of urea groups is 1. The highest BCUT2D eigenvalue weighted by atomic mass is 127. The number of amides is 4. The average molecular weight is 677 g/mol. The number of nitrogens with zero attached hydrogens (tertiary/aromatic N) is 1. The molecule has 0 aromatic heterocycles. The molecule has 1 heterocycles. The van der Waals surface area contributed by atoms with Crippen molar-refractivity contribution in [2.24, 2.45) is 0 Å². The largest absolute Gasteiger partial charge is 0.491 e. The molecule has 0 radical (unpaired) electrons. The van der Waals surface area contributed by atoms with Crippen LogP contribution in [0.3, 0.4) is 0 Å². The smallest absolute Gasteiger partial charge is 0.325 e. The van der Waals surface area contributed by atoms with E-state index in [1.54, 1.807) is 37.3 Å². The first-order chi connectivity index (χ1) is 19.7. The summed E-state index contributed by atoms with van der Waals surface area (Å²) >= 11 is 1.94. The van der Waals surface area contributed by atoms with Crippen LogP contribution in [0.15, 0.2) is 72.8 Å². The van der Waals surface area contributed by atoms with E-state index in [0.717, 1.165) is 10.5 Å². The molecule has 1 aliphatic heterocycles. The van der Waals surface area contributed by atoms with Crippen molar-refractivity contribution in [3.63, 3.8) is 0 Å². The van der Waals surface area contributed by atoms with Crippen LogP contribution in [-0.4, -0.2) is 64.4 Å². The highest BCUT2D eigenvalue weighted by Gasteiger charge is 2.47. The van der Waals surface area contributed by atoms with E-state index in [9.17, 15) is 23.9 Å². The Morgan fingerprint density at radius 2 is 1.83 bits per heavy atom. The zero-order valence-corrected chi connectivity index (χ0v) is 24.2. The maximum atomic E-state index is 14.6. The van der Waals surface area contributed by atoms with Crippen LogP contribution in [-0.2, 0) is 20.9 Å². The SMILES string of the molecule is C[C@@H](OCc1ccccc1)[C@@H](C(=O)Nc1ccc(I)cc1F)N1C(=O)N[C@H](c2ccc(OC[C@@H](O)CO)cc2)C1=O. The molecule has 3 aromatic carbocycles. The van der Waals surface area contributed by atoms with Gasteiger partial charge in [-0.05, 0) is 71.0 Å². The number of hydrogen-bond donors (Lipinski definition) is 4. The summed E-state index contributed by atoms with van der Waals surface area (Å²) in [6, 6.07) is 16.4. The topological polar surface area (TPSA) is 137 Å². The molecule has 12 heteroatoms. The third kappa shape index (κ3) is 7.58. The van der Waals surface area contributed by atoms with Crippen LogP contribution in [0.4, 0.5) is 14.9 Å². The second-order valence-electron chi connectivity index (χ2n) is 9.37. The van der Waals surface area contributed by atoms with Gasteiger partial charge in [-0.1, -0.05) is 42.5 Å². The molecule has 0 bridgehead atoms. The number of carbonyl (C=O) groups excluding carboxylic acids is 3. The van der Waals surface area contributed by atoms with Crippen molar-refractivity contribution < 1.29 is 38.5 Å². The first-order valence-corrected chi connectivity index (χ1v) is 13.8. The van der Waals surface area contributed by atoms with Gasteiger partial charge in [0.2, 0.25) is 0 Å². The Kier molecular flexibility index (Phi) is 10.3. The number of imide groups is 1. The van der Waals surface area contributed by atoms with Gasteiger partial charge in [-0.15, -0.1) is 0 Å². The van der Waals surface area contributed by atoms with Gasteiger partial charge >= 0.3 is 6.03 Å². The number of rotatable bonds is 12. The number of benzene rings is 3. The Morgan fingerprint density at radius 1 is 1.12 bits per heavy atom. The van der Waals surface area contributed by atoms with Crippen LogP contribution in [0.25, 0.3) is 0 Å². The molecule has 4 atom stereocenters. The van der Waals surface area contributed by atoms with E-state index in [4.69, 9.17) is 14.6 Å². The third-order valence-corrected chi connectivity index (χ3v) is 7.04. The molecule has 4 N–H and O–H groups in total. The quantitative estimate of drug-likeness (QED) is 0.171. The van der Waals surface area contributed by atoms with Gasteiger partial charge in [-0.3, -0.25) is 9.59 Å². The lowest BCUT2D eigenvalue weighted by atomic mass is 10.0. The van der Waals surface area contributed by atoms with Gasteiger partial charge in [0.05, 0.1) is 25.0 Å². The molecule has 4 amide bonds. The molecule has 0 spiro atoms. The molecule has 0 saturated carbocycles. The minimum atomic E-state index is -1.42. The summed E-state index contributed by atoms with van der Waals surface area (Å²) in [7, 11) is 0. The van der Waals surface area contributed by atoms with E-state index < -0.39 is 54.6 Å². The van der Waals surface area contributed by atoms with Gasteiger partial charge in [0.25, 0.3) is 11.8 Å². The second kappa shape index (κ2) is 13.9. The Bertz CT molecular complexity index is 1380. The van der Waals surface area contributed by atoms with Gasteiger partial charge in [0, 0.05) is 3.57 Å². The minimum absolute atomic E-state index is 0.0961. The summed E-state index contributed by atoms with van der Waals surface area (Å²) < 4.78 is 26.5. The summed E-state index contributed by atoms with van der Waals surface area (Å²) in [6.45, 7) is 1.11. The summed E-state index contributed by atoms with van der Waals surface area (Å²) in [5, 5.41) is 23.5. The normalized spacial score (nSPS) is 17.1. The number of anilines is 1. The summed E-state index contributed by atoms with van der Waals surface area (Å²) in [5.41, 5.74) is 1.16. The van der Waals surface area contributed by atoms with Crippen molar-refractivity contribution in [2.75, 3.05) is 18.5 Å². The predicted octanol–water partition coefficient (Wildman–Crippen LogP) is 3.37. The standard InChI is InChI=1S/C29H29FIN3O7/c1-17(40-15-18-5-3-2-4-6-18)26(27(37)32-24-12-9-20(31)13-23(24)30)34-28(38)25(33-29(34)39)19-7-10-22(11-8-19)41-16-21(36)14-35/h2-13,17,21,25-26,35-36H,14-16H2,1H3,(H,32,37)(H,33,39)/t17-,21+,25-,26+/m1/s1. The molecule has 1 saturated heterocycles. The van der Waals surface area contributed by atoms with Crippen molar-refractivity contribution >= 4 is 46.1 Å². The lowest BCUT2D eigenvalue weighted by Gasteiger charge is -2.29. The first kappa shape index (κ1) is 30.4. The Balaban J connectivity index is 1.56. The lowest BCUT2D eigenvalue weighted by molar-refractivity contribution is -0.139. The number of aliphatic hydroxyl groups excluding tert-OH is 2.